The van der Waals surface area contributed by atoms with Gasteiger partial charge in [0.05, 0.1) is 30.3 Å². The summed E-state index contributed by atoms with van der Waals surface area (Å²) in [5.41, 5.74) is 0.815. The Labute approximate surface area is 250 Å². The van der Waals surface area contributed by atoms with Gasteiger partial charge in [-0.25, -0.2) is 27.3 Å². The third kappa shape index (κ3) is 6.66. The second-order valence-electron chi connectivity index (χ2n) is 11.1. The van der Waals surface area contributed by atoms with E-state index in [9.17, 15) is 27.5 Å². The van der Waals surface area contributed by atoms with Crippen LogP contribution in [0.15, 0.2) is 54.6 Å². The number of fused-ring (bicyclic) bond motifs is 1. The first-order chi connectivity index (χ1) is 21.2. The summed E-state index contributed by atoms with van der Waals surface area (Å²) < 4.78 is 73.8. The number of aromatic carboxylic acids is 1. The Kier molecular flexibility index (Phi) is 8.72. The maximum atomic E-state index is 14.8. The molecule has 6 rings (SSSR count). The van der Waals surface area contributed by atoms with Crippen LogP contribution < -0.4 is 9.47 Å². The molecule has 0 amide bonds. The molecule has 2 aliphatic rings. The maximum absolute atomic E-state index is 14.8. The molecule has 232 valence electrons. The number of hydrogen-bond acceptors (Lipinski definition) is 6. The van der Waals surface area contributed by atoms with Gasteiger partial charge in [0.25, 0.3) is 6.43 Å². The van der Waals surface area contributed by atoms with E-state index >= 15 is 0 Å². The minimum atomic E-state index is -2.76. The molecule has 1 N–H and O–H groups in total. The molecule has 2 aliphatic heterocycles. The number of aromatic nitrogens is 2. The number of alkyl halides is 2. The zero-order valence-corrected chi connectivity index (χ0v) is 23.7. The Balaban J connectivity index is 1.07. The maximum Gasteiger partial charge on any atom is 0.335 e. The van der Waals surface area contributed by atoms with Gasteiger partial charge in [-0.1, -0.05) is 12.1 Å². The van der Waals surface area contributed by atoms with E-state index in [1.54, 1.807) is 0 Å². The number of carbonyl (C=O) groups is 1. The van der Waals surface area contributed by atoms with Crippen molar-refractivity contribution in [3.05, 3.63) is 88.7 Å². The smallest absolute Gasteiger partial charge is 0.335 e. The van der Waals surface area contributed by atoms with E-state index in [0.717, 1.165) is 43.0 Å². The summed E-state index contributed by atoms with van der Waals surface area (Å²) in [6.45, 7) is 3.09. The van der Waals surface area contributed by atoms with Crippen molar-refractivity contribution in [2.75, 3.05) is 19.7 Å². The average molecular weight is 614 g/mol. The molecule has 1 atom stereocenters. The van der Waals surface area contributed by atoms with E-state index in [-0.39, 0.29) is 35.6 Å². The van der Waals surface area contributed by atoms with E-state index < -0.39 is 29.6 Å². The molecule has 0 spiro atoms. The second-order valence-corrected chi connectivity index (χ2v) is 11.1. The van der Waals surface area contributed by atoms with Crippen molar-refractivity contribution < 1.29 is 41.7 Å². The van der Waals surface area contributed by atoms with E-state index in [1.165, 1.54) is 12.1 Å². The highest BCUT2D eigenvalue weighted by molar-refractivity contribution is 5.92. The van der Waals surface area contributed by atoms with Crippen molar-refractivity contribution in [1.82, 2.24) is 14.5 Å². The van der Waals surface area contributed by atoms with Crippen LogP contribution in [0.25, 0.3) is 11.0 Å². The van der Waals surface area contributed by atoms with Crippen LogP contribution in [-0.4, -0.2) is 57.4 Å². The highest BCUT2D eigenvalue weighted by Crippen LogP contribution is 2.28. The number of nitrogens with zero attached hydrogens (tertiary/aromatic N) is 3. The molecule has 2 fully saturated rings. The number of halogens is 4. The van der Waals surface area contributed by atoms with E-state index in [4.69, 9.17) is 14.2 Å². The van der Waals surface area contributed by atoms with Crippen LogP contribution in [-0.2, 0) is 24.4 Å². The molecule has 12 heteroatoms. The quantitative estimate of drug-likeness (QED) is 0.197. The first-order valence-electron chi connectivity index (χ1n) is 14.5. The number of likely N-dealkylation sites (tertiary alicyclic amines) is 1. The number of piperidine rings is 1. The summed E-state index contributed by atoms with van der Waals surface area (Å²) in [4.78, 5) is 18.3. The lowest BCUT2D eigenvalue weighted by atomic mass is 10.1. The average Bonchev–Trinajstić information content (AvgIpc) is 3.32. The second kappa shape index (κ2) is 12.8. The van der Waals surface area contributed by atoms with Crippen molar-refractivity contribution in [2.45, 2.75) is 57.6 Å². The lowest BCUT2D eigenvalue weighted by Crippen LogP contribution is -2.39. The van der Waals surface area contributed by atoms with E-state index in [1.807, 2.05) is 28.8 Å². The Morgan fingerprint density at radius 2 is 1.84 bits per heavy atom. The zero-order chi connectivity index (χ0) is 30.8. The summed E-state index contributed by atoms with van der Waals surface area (Å²) in [7, 11) is 0. The molecular weight excluding hydrogens is 582 g/mol. The molecule has 0 aliphatic carbocycles. The van der Waals surface area contributed by atoms with Crippen molar-refractivity contribution in [2.24, 2.45) is 0 Å². The number of hydrogen-bond donors (Lipinski definition) is 1. The van der Waals surface area contributed by atoms with Crippen LogP contribution in [0, 0.1) is 11.6 Å². The number of imidazole rings is 1. The molecule has 3 heterocycles. The van der Waals surface area contributed by atoms with Gasteiger partial charge in [-0.15, -0.1) is 0 Å². The number of benzene rings is 3. The summed E-state index contributed by atoms with van der Waals surface area (Å²) in [6, 6.07) is 12.8. The Morgan fingerprint density at radius 1 is 1.05 bits per heavy atom. The Morgan fingerprint density at radius 3 is 2.52 bits per heavy atom. The minimum Gasteiger partial charge on any atom is -0.490 e. The molecule has 0 unspecified atom stereocenters. The van der Waals surface area contributed by atoms with Gasteiger partial charge in [0.1, 0.15) is 29.8 Å². The van der Waals surface area contributed by atoms with Gasteiger partial charge in [-0.05, 0) is 67.3 Å². The normalized spacial score (nSPS) is 17.6. The van der Waals surface area contributed by atoms with E-state index in [0.29, 0.717) is 49.9 Å². The minimum absolute atomic E-state index is 0.0203. The first-order valence-corrected chi connectivity index (χ1v) is 14.5. The third-order valence-corrected chi connectivity index (χ3v) is 8.02. The van der Waals surface area contributed by atoms with Crippen LogP contribution in [0.1, 0.15) is 53.0 Å². The van der Waals surface area contributed by atoms with Crippen molar-refractivity contribution in [3.8, 4) is 11.5 Å². The Bertz CT molecular complexity index is 1650. The van der Waals surface area contributed by atoms with Crippen molar-refractivity contribution >= 4 is 17.0 Å². The molecule has 3 aromatic carbocycles. The fourth-order valence-corrected chi connectivity index (χ4v) is 5.53. The molecule has 8 nitrogen and oxygen atoms in total. The van der Waals surface area contributed by atoms with Crippen LogP contribution in [0.4, 0.5) is 17.6 Å². The summed E-state index contributed by atoms with van der Waals surface area (Å²) >= 11 is 0. The van der Waals surface area contributed by atoms with Crippen LogP contribution >= 0.6 is 0 Å². The molecule has 2 saturated heterocycles. The number of carboxylic acids is 1. The topological polar surface area (TPSA) is 86.0 Å². The van der Waals surface area contributed by atoms with Gasteiger partial charge in [-0.2, -0.15) is 0 Å². The molecule has 1 aromatic heterocycles. The van der Waals surface area contributed by atoms with Gasteiger partial charge in [0.15, 0.2) is 17.4 Å². The number of carboxylic acid groups (broad SMARTS) is 1. The van der Waals surface area contributed by atoms with Gasteiger partial charge in [-0.3, -0.25) is 4.90 Å². The molecule has 4 aromatic rings. The van der Waals surface area contributed by atoms with Crippen molar-refractivity contribution in [1.29, 1.82) is 0 Å². The lowest BCUT2D eigenvalue weighted by molar-refractivity contribution is -0.0592. The summed E-state index contributed by atoms with van der Waals surface area (Å²) in [5, 5.41) is 9.44. The molecule has 44 heavy (non-hydrogen) atoms. The SMILES string of the molecule is O=C(O)c1cc(F)c2nc(CN3CCC(Oc4cccc(COc5ccc(C(F)F)cc5F)c4)CC3)n(C[C@@H]3CCO3)c2c1. The monoisotopic (exact) mass is 613 g/mol. The fourth-order valence-electron chi connectivity index (χ4n) is 5.53. The van der Waals surface area contributed by atoms with Crippen molar-refractivity contribution in [3.63, 3.8) is 0 Å². The molecule has 0 radical (unpaired) electrons. The molecule has 0 bridgehead atoms. The van der Waals surface area contributed by atoms with Crippen LogP contribution in [0.2, 0.25) is 0 Å². The van der Waals surface area contributed by atoms with Crippen LogP contribution in [0.3, 0.4) is 0 Å². The predicted octanol–water partition coefficient (Wildman–Crippen LogP) is 6.36. The Hall–Kier alpha value is -4.16. The van der Waals surface area contributed by atoms with Gasteiger partial charge in [0.2, 0.25) is 0 Å². The third-order valence-electron chi connectivity index (χ3n) is 8.02. The zero-order valence-electron chi connectivity index (χ0n) is 23.7. The highest BCUT2D eigenvalue weighted by Gasteiger charge is 2.27. The number of ether oxygens (including phenoxy) is 3. The molecule has 0 saturated carbocycles. The predicted molar refractivity (Wildman–Crippen MR) is 152 cm³/mol. The lowest BCUT2D eigenvalue weighted by Gasteiger charge is -2.32. The first kappa shape index (κ1) is 29.9. The van der Waals surface area contributed by atoms with Gasteiger partial charge in [0, 0.05) is 25.3 Å². The summed E-state index contributed by atoms with van der Waals surface area (Å²) in [5.74, 6) is -1.51. The van der Waals surface area contributed by atoms with Gasteiger partial charge >= 0.3 is 5.97 Å². The van der Waals surface area contributed by atoms with Gasteiger partial charge < -0.3 is 23.9 Å². The fraction of sp³-hybridized carbons (Fsp3) is 0.375. The highest BCUT2D eigenvalue weighted by atomic mass is 19.3. The van der Waals surface area contributed by atoms with E-state index in [2.05, 4.69) is 9.88 Å². The standard InChI is InChI=1S/C32H31F4N3O5/c33-25-13-20(31(35)36)4-5-28(25)43-18-19-2-1-3-23(12-19)44-22-6-9-38(10-7-22)17-29-37-30-26(34)14-21(32(40)41)15-27(30)39(29)16-24-8-11-42-24/h1-5,12-15,22,24,31H,6-11,16-18H2,(H,40,41)/t24-/m0/s1. The van der Waals surface area contributed by atoms with Crippen LogP contribution in [0.5, 0.6) is 11.5 Å². The molecular formula is C32H31F4N3O5. The number of rotatable bonds is 11. The largest absolute Gasteiger partial charge is 0.490 e. The summed E-state index contributed by atoms with van der Waals surface area (Å²) in [6.07, 6.45) is -0.458.